The Kier molecular flexibility index (Phi) is 3.48. The molecule has 0 aliphatic carbocycles. The first-order valence-electron chi connectivity index (χ1n) is 4.84. The number of carbonyl (C=O) groups is 1. The molecule has 1 atom stereocenters. The number of pyridine rings is 1. The minimum atomic E-state index is -4.76. The zero-order chi connectivity index (χ0) is 13.5. The standard InChI is InChI=1S/C9H7Cl2FN2O3S/c10-5-1-7(9(11)13-3-5)14-4-6(2-8(14)15)18(12,16)17/h1,3,6H,2,4H2. The largest absolute Gasteiger partial charge is 0.308 e. The van der Waals surface area contributed by atoms with Crippen molar-refractivity contribution in [2.45, 2.75) is 11.7 Å². The number of hydrogen-bond acceptors (Lipinski definition) is 4. The van der Waals surface area contributed by atoms with Gasteiger partial charge in [0.15, 0.2) is 5.15 Å². The van der Waals surface area contributed by atoms with E-state index in [0.29, 0.717) is 0 Å². The Balaban J connectivity index is 2.35. The summed E-state index contributed by atoms with van der Waals surface area (Å²) in [5.74, 6) is -0.535. The summed E-state index contributed by atoms with van der Waals surface area (Å²) in [6.07, 6.45) is 0.874. The summed E-state index contributed by atoms with van der Waals surface area (Å²) in [6.45, 7) is -0.292. The second kappa shape index (κ2) is 4.64. The number of nitrogens with zero attached hydrogens (tertiary/aromatic N) is 2. The van der Waals surface area contributed by atoms with E-state index in [2.05, 4.69) is 4.98 Å². The highest BCUT2D eigenvalue weighted by molar-refractivity contribution is 7.87. The van der Waals surface area contributed by atoms with Gasteiger partial charge in [-0.2, -0.15) is 8.42 Å². The minimum absolute atomic E-state index is 0.00431. The maximum atomic E-state index is 12.9. The molecule has 18 heavy (non-hydrogen) atoms. The van der Waals surface area contributed by atoms with Gasteiger partial charge in [-0.15, -0.1) is 3.89 Å². The number of halogens is 3. The first-order chi connectivity index (χ1) is 8.29. The molecule has 98 valence electrons. The molecule has 1 aromatic heterocycles. The molecule has 5 nitrogen and oxygen atoms in total. The quantitative estimate of drug-likeness (QED) is 0.617. The first-order valence-corrected chi connectivity index (χ1v) is 7.04. The van der Waals surface area contributed by atoms with Crippen LogP contribution >= 0.6 is 23.2 Å². The van der Waals surface area contributed by atoms with E-state index < -0.39 is 27.8 Å². The fourth-order valence-corrected chi connectivity index (χ4v) is 2.72. The molecule has 1 amide bonds. The fourth-order valence-electron chi connectivity index (χ4n) is 1.70. The monoisotopic (exact) mass is 312 g/mol. The number of aromatic nitrogens is 1. The van der Waals surface area contributed by atoms with Crippen LogP contribution in [0.15, 0.2) is 12.3 Å². The lowest BCUT2D eigenvalue weighted by molar-refractivity contribution is -0.117. The zero-order valence-electron chi connectivity index (χ0n) is 8.81. The van der Waals surface area contributed by atoms with Gasteiger partial charge in [0.05, 0.1) is 10.7 Å². The van der Waals surface area contributed by atoms with E-state index in [-0.39, 0.29) is 22.4 Å². The molecule has 0 aromatic carbocycles. The molecule has 0 N–H and O–H groups in total. The van der Waals surface area contributed by atoms with Gasteiger partial charge in [-0.25, -0.2) is 4.98 Å². The molecule has 1 aromatic rings. The predicted octanol–water partition coefficient (Wildman–Crippen LogP) is 1.79. The Morgan fingerprint density at radius 2 is 2.11 bits per heavy atom. The molecule has 1 fully saturated rings. The smallest absolute Gasteiger partial charge is 0.307 e. The molecule has 1 saturated heterocycles. The lowest BCUT2D eigenvalue weighted by atomic mass is 10.4. The van der Waals surface area contributed by atoms with Crippen molar-refractivity contribution in [1.29, 1.82) is 0 Å². The Bertz CT molecular complexity index is 608. The maximum Gasteiger partial charge on any atom is 0.307 e. The summed E-state index contributed by atoms with van der Waals surface area (Å²) >= 11 is 11.5. The van der Waals surface area contributed by atoms with Crippen LogP contribution in [0.4, 0.5) is 9.57 Å². The topological polar surface area (TPSA) is 67.3 Å². The first kappa shape index (κ1) is 13.5. The summed E-state index contributed by atoms with van der Waals surface area (Å²) in [6, 6.07) is 1.38. The van der Waals surface area contributed by atoms with Crippen LogP contribution < -0.4 is 4.90 Å². The Morgan fingerprint density at radius 1 is 1.44 bits per heavy atom. The van der Waals surface area contributed by atoms with Crippen LogP contribution in [0.25, 0.3) is 0 Å². The van der Waals surface area contributed by atoms with Crippen molar-refractivity contribution in [3.05, 3.63) is 22.4 Å². The van der Waals surface area contributed by atoms with E-state index in [9.17, 15) is 17.1 Å². The number of anilines is 1. The van der Waals surface area contributed by atoms with Crippen LogP contribution in [0.1, 0.15) is 6.42 Å². The molecule has 0 spiro atoms. The normalized spacial score (nSPS) is 20.5. The summed E-state index contributed by atoms with van der Waals surface area (Å²) in [7, 11) is -4.76. The van der Waals surface area contributed by atoms with Crippen LogP contribution in [-0.2, 0) is 15.0 Å². The van der Waals surface area contributed by atoms with Crippen LogP contribution in [0.5, 0.6) is 0 Å². The third kappa shape index (κ3) is 2.57. The van der Waals surface area contributed by atoms with Gasteiger partial charge in [-0.3, -0.25) is 4.79 Å². The van der Waals surface area contributed by atoms with E-state index in [1.807, 2.05) is 0 Å². The minimum Gasteiger partial charge on any atom is -0.308 e. The number of carbonyl (C=O) groups excluding carboxylic acids is 1. The summed E-state index contributed by atoms with van der Waals surface area (Å²) in [5.41, 5.74) is 0.181. The summed E-state index contributed by atoms with van der Waals surface area (Å²) in [5, 5.41) is -1.13. The van der Waals surface area contributed by atoms with Crippen molar-refractivity contribution in [1.82, 2.24) is 4.98 Å². The molecule has 9 heteroatoms. The number of hydrogen-bond donors (Lipinski definition) is 0. The van der Waals surface area contributed by atoms with E-state index in [0.717, 1.165) is 4.90 Å². The summed E-state index contributed by atoms with van der Waals surface area (Å²) < 4.78 is 34.4. The van der Waals surface area contributed by atoms with Crippen molar-refractivity contribution in [2.75, 3.05) is 11.4 Å². The van der Waals surface area contributed by atoms with Crippen LogP contribution in [0.2, 0.25) is 10.2 Å². The molecular formula is C9H7Cl2FN2O3S. The van der Waals surface area contributed by atoms with Crippen molar-refractivity contribution < 1.29 is 17.1 Å². The van der Waals surface area contributed by atoms with Gasteiger partial charge in [0.25, 0.3) is 0 Å². The Labute approximate surface area is 113 Å². The predicted molar refractivity (Wildman–Crippen MR) is 65.0 cm³/mol. The van der Waals surface area contributed by atoms with E-state index in [1.165, 1.54) is 12.3 Å². The highest BCUT2D eigenvalue weighted by atomic mass is 35.5. The molecular weight excluding hydrogens is 306 g/mol. The van der Waals surface area contributed by atoms with Crippen molar-refractivity contribution in [2.24, 2.45) is 0 Å². The molecule has 0 radical (unpaired) electrons. The van der Waals surface area contributed by atoms with Gasteiger partial charge in [-0.05, 0) is 6.07 Å². The third-order valence-electron chi connectivity index (χ3n) is 2.57. The molecule has 1 aliphatic heterocycles. The average Bonchev–Trinajstić information content (AvgIpc) is 2.64. The van der Waals surface area contributed by atoms with Crippen LogP contribution in [0, 0.1) is 0 Å². The second-order valence-corrected chi connectivity index (χ2v) is 6.18. The van der Waals surface area contributed by atoms with Crippen molar-refractivity contribution in [3.8, 4) is 0 Å². The van der Waals surface area contributed by atoms with E-state index >= 15 is 0 Å². The van der Waals surface area contributed by atoms with Gasteiger partial charge in [0, 0.05) is 19.2 Å². The van der Waals surface area contributed by atoms with Gasteiger partial charge in [0.2, 0.25) is 5.91 Å². The number of amides is 1. The van der Waals surface area contributed by atoms with Crippen molar-refractivity contribution in [3.63, 3.8) is 0 Å². The second-order valence-electron chi connectivity index (χ2n) is 3.77. The fraction of sp³-hybridized carbons (Fsp3) is 0.333. The van der Waals surface area contributed by atoms with Gasteiger partial charge in [0.1, 0.15) is 5.25 Å². The van der Waals surface area contributed by atoms with Crippen LogP contribution in [-0.4, -0.2) is 31.1 Å². The van der Waals surface area contributed by atoms with Gasteiger partial charge < -0.3 is 4.90 Å². The molecule has 1 unspecified atom stereocenters. The zero-order valence-corrected chi connectivity index (χ0v) is 11.1. The Hall–Kier alpha value is -0.920. The SMILES string of the molecule is O=C1CC(S(=O)(=O)F)CN1c1cc(Cl)cnc1Cl. The van der Waals surface area contributed by atoms with Crippen molar-refractivity contribution >= 4 is 45.0 Å². The lowest BCUT2D eigenvalue weighted by Crippen LogP contribution is -2.27. The molecule has 0 saturated carbocycles. The molecule has 2 rings (SSSR count). The Morgan fingerprint density at radius 3 is 2.67 bits per heavy atom. The lowest BCUT2D eigenvalue weighted by Gasteiger charge is -2.17. The summed E-state index contributed by atoms with van der Waals surface area (Å²) in [4.78, 5) is 16.5. The van der Waals surface area contributed by atoms with Crippen LogP contribution in [0.3, 0.4) is 0 Å². The molecule has 2 heterocycles. The average molecular weight is 313 g/mol. The molecule has 1 aliphatic rings. The highest BCUT2D eigenvalue weighted by Gasteiger charge is 2.39. The maximum absolute atomic E-state index is 12.9. The highest BCUT2D eigenvalue weighted by Crippen LogP contribution is 2.31. The van der Waals surface area contributed by atoms with E-state index in [1.54, 1.807) is 0 Å². The number of rotatable bonds is 2. The third-order valence-corrected chi connectivity index (χ3v) is 4.18. The van der Waals surface area contributed by atoms with Gasteiger partial charge >= 0.3 is 10.2 Å². The molecule has 0 bridgehead atoms. The van der Waals surface area contributed by atoms with Gasteiger partial charge in [-0.1, -0.05) is 23.2 Å². The van der Waals surface area contributed by atoms with E-state index in [4.69, 9.17) is 23.2 Å².